The Hall–Kier alpha value is -1.01. The molecule has 0 aliphatic rings. The number of carbonyl (C=O) groups excluding carboxylic acids is 1. The molecule has 0 saturated carbocycles. The molecule has 0 spiro atoms. The van der Waals surface area contributed by atoms with E-state index in [4.69, 9.17) is 4.74 Å². The van der Waals surface area contributed by atoms with E-state index in [9.17, 15) is 9.90 Å². The first-order chi connectivity index (χ1) is 6.73. The lowest BCUT2D eigenvalue weighted by Crippen LogP contribution is -2.28. The normalized spacial score (nSPS) is 16.0. The first kappa shape index (κ1) is 14.0. The van der Waals surface area contributed by atoms with Crippen LogP contribution >= 0.6 is 0 Å². The van der Waals surface area contributed by atoms with Crippen molar-refractivity contribution >= 4 is 6.09 Å². The van der Waals surface area contributed by atoms with Gasteiger partial charge in [0.1, 0.15) is 0 Å². The van der Waals surface area contributed by atoms with Gasteiger partial charge in [0.2, 0.25) is 0 Å². The van der Waals surface area contributed by atoms with Crippen molar-refractivity contribution in [2.75, 3.05) is 0 Å². The molecule has 0 aromatic rings. The maximum Gasteiger partial charge on any atom is 0.452 e. The number of aliphatic hydroxyl groups is 1. The second-order valence-electron chi connectivity index (χ2n) is 3.73. The van der Waals surface area contributed by atoms with Gasteiger partial charge in [-0.25, -0.2) is 4.79 Å². The molecule has 0 bridgehead atoms. The van der Waals surface area contributed by atoms with E-state index in [1.165, 1.54) is 6.92 Å². The molecule has 6 heteroatoms. The molecule has 88 valence electrons. The van der Waals surface area contributed by atoms with Gasteiger partial charge in [0.05, 0.1) is 12.2 Å². The lowest BCUT2D eigenvalue weighted by atomic mass is 10.4. The van der Waals surface area contributed by atoms with Crippen LogP contribution in [0.4, 0.5) is 4.79 Å². The average molecular weight is 218 g/mol. The predicted octanol–water partition coefficient (Wildman–Crippen LogP) is 2.07. The Bertz CT molecular complexity index is 236. The Balaban J connectivity index is 4.19. The molecule has 1 amide bonds. The zero-order valence-corrected chi connectivity index (χ0v) is 9.72. The van der Waals surface area contributed by atoms with E-state index in [1.807, 2.05) is 0 Å². The zero-order valence-electron chi connectivity index (χ0n) is 9.72. The smallest absolute Gasteiger partial charge is 0.444 e. The van der Waals surface area contributed by atoms with Crippen molar-refractivity contribution in [3.63, 3.8) is 0 Å². The van der Waals surface area contributed by atoms with Crippen molar-refractivity contribution in [3.05, 3.63) is 0 Å². The number of hydrogen-bond acceptors (Lipinski definition) is 5. The largest absolute Gasteiger partial charge is 0.452 e. The highest BCUT2D eigenvalue weighted by molar-refractivity contribution is 5.67. The van der Waals surface area contributed by atoms with Gasteiger partial charge in [-0.1, -0.05) is 5.11 Å². The van der Waals surface area contributed by atoms with Gasteiger partial charge < -0.3 is 14.6 Å². The SMILES string of the molecule is CC(C)OC(=O)/N=N/C(C)(O)OC(C)C. The van der Waals surface area contributed by atoms with Crippen LogP contribution in [0, 0.1) is 0 Å². The van der Waals surface area contributed by atoms with Crippen LogP contribution in [-0.4, -0.2) is 29.3 Å². The molecule has 6 nitrogen and oxygen atoms in total. The van der Waals surface area contributed by atoms with Crippen LogP contribution < -0.4 is 0 Å². The molecular formula is C9H18N2O4. The van der Waals surface area contributed by atoms with E-state index in [2.05, 4.69) is 15.0 Å². The maximum absolute atomic E-state index is 10.9. The van der Waals surface area contributed by atoms with Crippen LogP contribution in [-0.2, 0) is 9.47 Å². The number of carbonyl (C=O) groups is 1. The maximum atomic E-state index is 10.9. The molecule has 0 aromatic carbocycles. The highest BCUT2D eigenvalue weighted by Crippen LogP contribution is 2.11. The average Bonchev–Trinajstić information content (AvgIpc) is 1.97. The lowest BCUT2D eigenvalue weighted by molar-refractivity contribution is -0.208. The van der Waals surface area contributed by atoms with Crippen molar-refractivity contribution < 1.29 is 19.4 Å². The van der Waals surface area contributed by atoms with Gasteiger partial charge in [-0.3, -0.25) is 0 Å². The van der Waals surface area contributed by atoms with Crippen molar-refractivity contribution in [1.29, 1.82) is 0 Å². The molecule has 0 saturated heterocycles. The second-order valence-corrected chi connectivity index (χ2v) is 3.73. The van der Waals surface area contributed by atoms with Gasteiger partial charge in [-0.2, -0.15) is 0 Å². The Kier molecular flexibility index (Phi) is 5.38. The van der Waals surface area contributed by atoms with Gasteiger partial charge in [0, 0.05) is 6.92 Å². The molecule has 0 heterocycles. The van der Waals surface area contributed by atoms with E-state index < -0.39 is 12.0 Å². The fraction of sp³-hybridized carbons (Fsp3) is 0.889. The standard InChI is InChI=1S/C9H18N2O4/c1-6(2)14-8(12)10-11-9(5,13)15-7(3)4/h6-7,13H,1-5H3/b11-10+. The molecule has 0 rings (SSSR count). The number of amides is 1. The number of azo groups is 1. The molecule has 1 N–H and O–H groups in total. The Labute approximate surface area is 89.3 Å². The van der Waals surface area contributed by atoms with E-state index >= 15 is 0 Å². The Morgan fingerprint density at radius 3 is 2.20 bits per heavy atom. The minimum atomic E-state index is -1.80. The second kappa shape index (κ2) is 5.77. The molecule has 0 radical (unpaired) electrons. The van der Waals surface area contributed by atoms with Crippen LogP contribution in [0.3, 0.4) is 0 Å². The topological polar surface area (TPSA) is 80.5 Å². The third-order valence-electron chi connectivity index (χ3n) is 1.11. The van der Waals surface area contributed by atoms with Crippen molar-refractivity contribution in [1.82, 2.24) is 0 Å². The zero-order chi connectivity index (χ0) is 12.1. The van der Waals surface area contributed by atoms with E-state index in [0.29, 0.717) is 0 Å². The number of ether oxygens (including phenoxy) is 2. The van der Waals surface area contributed by atoms with Gasteiger partial charge in [0.15, 0.2) is 0 Å². The van der Waals surface area contributed by atoms with Crippen LogP contribution in [0.1, 0.15) is 34.6 Å². The van der Waals surface area contributed by atoms with Crippen LogP contribution in [0.5, 0.6) is 0 Å². The highest BCUT2D eigenvalue weighted by atomic mass is 16.6. The fourth-order valence-corrected chi connectivity index (χ4v) is 0.829. The Morgan fingerprint density at radius 2 is 1.80 bits per heavy atom. The summed E-state index contributed by atoms with van der Waals surface area (Å²) in [5.41, 5.74) is 0. The minimum absolute atomic E-state index is 0.222. The summed E-state index contributed by atoms with van der Waals surface area (Å²) < 4.78 is 9.66. The third-order valence-corrected chi connectivity index (χ3v) is 1.11. The summed E-state index contributed by atoms with van der Waals surface area (Å²) in [5, 5.41) is 16.0. The quantitative estimate of drug-likeness (QED) is 0.578. The first-order valence-corrected chi connectivity index (χ1v) is 4.76. The molecule has 0 aliphatic heterocycles. The van der Waals surface area contributed by atoms with E-state index in [-0.39, 0.29) is 12.2 Å². The number of rotatable bonds is 4. The molecule has 0 aromatic heterocycles. The fourth-order valence-electron chi connectivity index (χ4n) is 0.829. The van der Waals surface area contributed by atoms with Crippen molar-refractivity contribution in [2.24, 2.45) is 10.2 Å². The summed E-state index contributed by atoms with van der Waals surface area (Å²) in [6, 6.07) is 0. The van der Waals surface area contributed by atoms with E-state index in [1.54, 1.807) is 27.7 Å². The molecule has 1 unspecified atom stereocenters. The van der Waals surface area contributed by atoms with Crippen LogP contribution in [0.15, 0.2) is 10.2 Å². The lowest BCUT2D eigenvalue weighted by Gasteiger charge is -2.19. The minimum Gasteiger partial charge on any atom is -0.444 e. The first-order valence-electron chi connectivity index (χ1n) is 4.76. The molecule has 0 fully saturated rings. The number of nitrogens with zero attached hydrogens (tertiary/aromatic N) is 2. The molecule has 15 heavy (non-hydrogen) atoms. The molecule has 0 aliphatic carbocycles. The monoisotopic (exact) mass is 218 g/mol. The Morgan fingerprint density at radius 1 is 1.27 bits per heavy atom. The summed E-state index contributed by atoms with van der Waals surface area (Å²) in [6.07, 6.45) is -1.34. The summed E-state index contributed by atoms with van der Waals surface area (Å²) in [7, 11) is 0. The van der Waals surface area contributed by atoms with Gasteiger partial charge >= 0.3 is 6.09 Å². The van der Waals surface area contributed by atoms with Crippen molar-refractivity contribution in [3.8, 4) is 0 Å². The molecule has 1 atom stereocenters. The van der Waals surface area contributed by atoms with E-state index in [0.717, 1.165) is 0 Å². The molecular weight excluding hydrogens is 200 g/mol. The number of hydrogen-bond donors (Lipinski definition) is 1. The van der Waals surface area contributed by atoms with Gasteiger partial charge in [-0.05, 0) is 27.7 Å². The summed E-state index contributed by atoms with van der Waals surface area (Å²) in [6.45, 7) is 8.14. The summed E-state index contributed by atoms with van der Waals surface area (Å²) in [4.78, 5) is 10.9. The van der Waals surface area contributed by atoms with Crippen LogP contribution in [0.2, 0.25) is 0 Å². The summed E-state index contributed by atoms with van der Waals surface area (Å²) >= 11 is 0. The summed E-state index contributed by atoms with van der Waals surface area (Å²) in [5.74, 6) is -1.80. The highest BCUT2D eigenvalue weighted by Gasteiger charge is 2.22. The third kappa shape index (κ3) is 8.02. The van der Waals surface area contributed by atoms with Gasteiger partial charge in [0.25, 0.3) is 5.91 Å². The predicted molar refractivity (Wildman–Crippen MR) is 53.3 cm³/mol. The van der Waals surface area contributed by atoms with Crippen LogP contribution in [0.25, 0.3) is 0 Å². The van der Waals surface area contributed by atoms with Crippen molar-refractivity contribution in [2.45, 2.75) is 52.7 Å². The van der Waals surface area contributed by atoms with Gasteiger partial charge in [-0.15, -0.1) is 5.11 Å².